The van der Waals surface area contributed by atoms with Crippen molar-refractivity contribution >= 4 is 11.4 Å². The molecule has 1 fully saturated rings. The highest BCUT2D eigenvalue weighted by Gasteiger charge is 2.27. The molecule has 0 saturated heterocycles. The van der Waals surface area contributed by atoms with E-state index in [2.05, 4.69) is 5.32 Å². The Morgan fingerprint density at radius 1 is 1.56 bits per heavy atom. The van der Waals surface area contributed by atoms with E-state index < -0.39 is 4.92 Å². The van der Waals surface area contributed by atoms with Crippen LogP contribution in [0.5, 0.6) is 5.75 Å². The van der Waals surface area contributed by atoms with Crippen molar-refractivity contribution < 1.29 is 9.66 Å². The highest BCUT2D eigenvalue weighted by molar-refractivity contribution is 5.64. The van der Waals surface area contributed by atoms with Gasteiger partial charge in [-0.1, -0.05) is 0 Å². The fourth-order valence-corrected chi connectivity index (χ4v) is 2.04. The zero-order valence-electron chi connectivity index (χ0n) is 10.3. The zero-order valence-corrected chi connectivity index (χ0v) is 10.3. The molecule has 6 nitrogen and oxygen atoms in total. The molecule has 0 atom stereocenters. The Kier molecular flexibility index (Phi) is 3.66. The van der Waals surface area contributed by atoms with Gasteiger partial charge in [0.25, 0.3) is 5.69 Å². The molecule has 0 bridgehead atoms. The Morgan fingerprint density at radius 3 is 2.83 bits per heavy atom. The number of nitrogens with zero attached hydrogens (tertiary/aromatic N) is 1. The lowest BCUT2D eigenvalue weighted by atomic mass is 9.87. The molecule has 0 aliphatic heterocycles. The molecule has 0 heterocycles. The van der Waals surface area contributed by atoms with E-state index in [0.717, 1.165) is 12.8 Å². The van der Waals surface area contributed by atoms with Gasteiger partial charge in [-0.2, -0.15) is 0 Å². The maximum atomic E-state index is 11.0. The molecule has 1 aliphatic carbocycles. The summed E-state index contributed by atoms with van der Waals surface area (Å²) in [6.45, 7) is 2.33. The van der Waals surface area contributed by atoms with Crippen molar-refractivity contribution in [2.75, 3.05) is 11.9 Å². The molecule has 0 radical (unpaired) electrons. The third kappa shape index (κ3) is 2.70. The topological polar surface area (TPSA) is 90.4 Å². The normalized spacial score (nSPS) is 22.1. The Balaban J connectivity index is 2.15. The summed E-state index contributed by atoms with van der Waals surface area (Å²) >= 11 is 0. The second kappa shape index (κ2) is 5.22. The van der Waals surface area contributed by atoms with Gasteiger partial charge >= 0.3 is 0 Å². The molecule has 1 aromatic carbocycles. The van der Waals surface area contributed by atoms with Crippen molar-refractivity contribution in [3.8, 4) is 5.75 Å². The average molecular weight is 251 g/mol. The van der Waals surface area contributed by atoms with Gasteiger partial charge in [-0.25, -0.2) is 0 Å². The first-order chi connectivity index (χ1) is 8.60. The average Bonchev–Trinajstić information content (AvgIpc) is 2.29. The van der Waals surface area contributed by atoms with Crippen molar-refractivity contribution in [2.45, 2.75) is 31.8 Å². The lowest BCUT2D eigenvalue weighted by Crippen LogP contribution is -2.44. The molecular weight excluding hydrogens is 234 g/mol. The maximum absolute atomic E-state index is 11.0. The Labute approximate surface area is 105 Å². The molecule has 1 aromatic rings. The molecule has 1 saturated carbocycles. The third-order valence-electron chi connectivity index (χ3n) is 3.01. The number of ether oxygens (including phenoxy) is 1. The molecule has 0 amide bonds. The van der Waals surface area contributed by atoms with E-state index in [1.165, 1.54) is 6.07 Å². The third-order valence-corrected chi connectivity index (χ3v) is 3.01. The number of nitrogens with two attached hydrogens (primary N) is 1. The molecule has 0 unspecified atom stereocenters. The summed E-state index contributed by atoms with van der Waals surface area (Å²) in [6, 6.07) is 5.32. The Bertz CT molecular complexity index is 444. The lowest BCUT2D eigenvalue weighted by Gasteiger charge is -2.33. The number of anilines is 1. The van der Waals surface area contributed by atoms with E-state index >= 15 is 0 Å². The van der Waals surface area contributed by atoms with Crippen LogP contribution in [0.3, 0.4) is 0 Å². The van der Waals surface area contributed by atoms with Gasteiger partial charge in [-0.05, 0) is 31.9 Å². The summed E-state index contributed by atoms with van der Waals surface area (Å²) in [5.41, 5.74) is 6.26. The van der Waals surface area contributed by atoms with Gasteiger partial charge < -0.3 is 15.8 Å². The monoisotopic (exact) mass is 251 g/mol. The molecule has 0 aromatic heterocycles. The molecule has 18 heavy (non-hydrogen) atoms. The van der Waals surface area contributed by atoms with Gasteiger partial charge in [0, 0.05) is 12.1 Å². The van der Waals surface area contributed by atoms with Crippen LogP contribution in [0.1, 0.15) is 19.8 Å². The number of nitro groups is 1. The van der Waals surface area contributed by atoms with E-state index in [1.54, 1.807) is 12.1 Å². The van der Waals surface area contributed by atoms with Crippen molar-refractivity contribution in [1.82, 2.24) is 0 Å². The predicted molar refractivity (Wildman–Crippen MR) is 68.9 cm³/mol. The Hall–Kier alpha value is -1.82. The number of hydrogen-bond donors (Lipinski definition) is 2. The first-order valence-electron chi connectivity index (χ1n) is 6.03. The van der Waals surface area contributed by atoms with Gasteiger partial charge in [-0.15, -0.1) is 0 Å². The van der Waals surface area contributed by atoms with Crippen molar-refractivity contribution in [1.29, 1.82) is 0 Å². The van der Waals surface area contributed by atoms with Crippen LogP contribution >= 0.6 is 0 Å². The van der Waals surface area contributed by atoms with Gasteiger partial charge in [0.05, 0.1) is 17.6 Å². The van der Waals surface area contributed by atoms with Gasteiger partial charge in [-0.3, -0.25) is 10.1 Å². The van der Waals surface area contributed by atoms with Crippen LogP contribution in [0, 0.1) is 10.1 Å². The minimum Gasteiger partial charge on any atom is -0.494 e. The SMILES string of the molecule is CCOc1ccc(NC2CC(N)C2)c([N+](=O)[O-])c1. The highest BCUT2D eigenvalue weighted by Crippen LogP contribution is 2.32. The molecule has 6 heteroatoms. The van der Waals surface area contributed by atoms with E-state index in [9.17, 15) is 10.1 Å². The van der Waals surface area contributed by atoms with Crippen LogP contribution in [-0.2, 0) is 0 Å². The molecule has 1 aliphatic rings. The summed E-state index contributed by atoms with van der Waals surface area (Å²) in [7, 11) is 0. The van der Waals surface area contributed by atoms with Crippen LogP contribution in [0.2, 0.25) is 0 Å². The fraction of sp³-hybridized carbons (Fsp3) is 0.500. The van der Waals surface area contributed by atoms with Crippen LogP contribution < -0.4 is 15.8 Å². The minimum absolute atomic E-state index is 0.0430. The standard InChI is InChI=1S/C12H17N3O3/c1-2-18-10-3-4-11(12(7-10)15(16)17)14-9-5-8(13)6-9/h3-4,7-9,14H,2,5-6,13H2,1H3. The smallest absolute Gasteiger partial charge is 0.296 e. The lowest BCUT2D eigenvalue weighted by molar-refractivity contribution is -0.384. The summed E-state index contributed by atoms with van der Waals surface area (Å²) in [6.07, 6.45) is 1.70. The van der Waals surface area contributed by atoms with E-state index in [-0.39, 0.29) is 17.8 Å². The van der Waals surface area contributed by atoms with Crippen molar-refractivity contribution in [3.63, 3.8) is 0 Å². The summed E-state index contributed by atoms with van der Waals surface area (Å²) < 4.78 is 5.26. The number of rotatable bonds is 5. The van der Waals surface area contributed by atoms with Crippen LogP contribution in [0.25, 0.3) is 0 Å². The van der Waals surface area contributed by atoms with Crippen LogP contribution in [-0.4, -0.2) is 23.6 Å². The molecule has 2 rings (SSSR count). The minimum atomic E-state index is -0.399. The van der Waals surface area contributed by atoms with Crippen LogP contribution in [0.15, 0.2) is 18.2 Å². The van der Waals surface area contributed by atoms with E-state index in [1.807, 2.05) is 6.92 Å². The van der Waals surface area contributed by atoms with Crippen LogP contribution in [0.4, 0.5) is 11.4 Å². The summed E-state index contributed by atoms with van der Waals surface area (Å²) in [5, 5.41) is 14.2. The molecule has 98 valence electrons. The largest absolute Gasteiger partial charge is 0.494 e. The van der Waals surface area contributed by atoms with Gasteiger partial charge in [0.1, 0.15) is 11.4 Å². The predicted octanol–water partition coefficient (Wildman–Crippen LogP) is 1.90. The molecule has 0 spiro atoms. The molecule has 3 N–H and O–H groups in total. The van der Waals surface area contributed by atoms with E-state index in [4.69, 9.17) is 10.5 Å². The van der Waals surface area contributed by atoms with Crippen molar-refractivity contribution in [2.24, 2.45) is 5.73 Å². The highest BCUT2D eigenvalue weighted by atomic mass is 16.6. The maximum Gasteiger partial charge on any atom is 0.296 e. The molecular formula is C12H17N3O3. The van der Waals surface area contributed by atoms with Gasteiger partial charge in [0.15, 0.2) is 0 Å². The quantitative estimate of drug-likeness (QED) is 0.616. The second-order valence-corrected chi connectivity index (χ2v) is 4.44. The number of benzene rings is 1. The van der Waals surface area contributed by atoms with Crippen molar-refractivity contribution in [3.05, 3.63) is 28.3 Å². The number of nitro benzene ring substituents is 1. The summed E-state index contributed by atoms with van der Waals surface area (Å²) in [5.74, 6) is 0.514. The summed E-state index contributed by atoms with van der Waals surface area (Å²) in [4.78, 5) is 10.6. The number of hydrogen-bond acceptors (Lipinski definition) is 5. The zero-order chi connectivity index (χ0) is 13.1. The van der Waals surface area contributed by atoms with Gasteiger partial charge in [0.2, 0.25) is 0 Å². The van der Waals surface area contributed by atoms with E-state index in [0.29, 0.717) is 18.0 Å². The second-order valence-electron chi connectivity index (χ2n) is 4.44. The fourth-order valence-electron chi connectivity index (χ4n) is 2.04. The Morgan fingerprint density at radius 2 is 2.28 bits per heavy atom. The number of nitrogens with one attached hydrogen (secondary N) is 1. The first-order valence-corrected chi connectivity index (χ1v) is 6.03. The first kappa shape index (κ1) is 12.6.